The summed E-state index contributed by atoms with van der Waals surface area (Å²) in [5, 5.41) is 2.68. The second-order valence-corrected chi connectivity index (χ2v) is 4.19. The highest BCUT2D eigenvalue weighted by Gasteiger charge is 2.12. The predicted octanol–water partition coefficient (Wildman–Crippen LogP) is -1.04. The SMILES string of the molecule is COCCNC(=O)CN(C)c1cc(C(N)=O)c(N)cn1. The lowest BCUT2D eigenvalue weighted by atomic mass is 10.2. The third kappa shape index (κ3) is 4.39. The Labute approximate surface area is 117 Å². The molecule has 0 aliphatic carbocycles. The van der Waals surface area contributed by atoms with E-state index in [4.69, 9.17) is 16.2 Å². The van der Waals surface area contributed by atoms with Crippen LogP contribution in [0.25, 0.3) is 0 Å². The van der Waals surface area contributed by atoms with Crippen molar-refractivity contribution in [2.45, 2.75) is 0 Å². The highest BCUT2D eigenvalue weighted by Crippen LogP contribution is 2.16. The fraction of sp³-hybridized carbons (Fsp3) is 0.417. The van der Waals surface area contributed by atoms with Crippen molar-refractivity contribution in [2.24, 2.45) is 5.73 Å². The van der Waals surface area contributed by atoms with Crippen LogP contribution in [0.2, 0.25) is 0 Å². The van der Waals surface area contributed by atoms with Crippen molar-refractivity contribution in [3.05, 3.63) is 17.8 Å². The lowest BCUT2D eigenvalue weighted by molar-refractivity contribution is -0.119. The lowest BCUT2D eigenvalue weighted by Crippen LogP contribution is -2.37. The number of rotatable bonds is 7. The molecule has 0 unspecified atom stereocenters. The van der Waals surface area contributed by atoms with Gasteiger partial charge in [0.05, 0.1) is 30.6 Å². The van der Waals surface area contributed by atoms with Crippen LogP contribution in [0.5, 0.6) is 0 Å². The summed E-state index contributed by atoms with van der Waals surface area (Å²) < 4.78 is 4.83. The minimum Gasteiger partial charge on any atom is -0.397 e. The van der Waals surface area contributed by atoms with Crippen LogP contribution >= 0.6 is 0 Å². The summed E-state index contributed by atoms with van der Waals surface area (Å²) in [7, 11) is 3.24. The van der Waals surface area contributed by atoms with E-state index < -0.39 is 5.91 Å². The number of pyridine rings is 1. The number of amides is 2. The van der Waals surface area contributed by atoms with E-state index in [9.17, 15) is 9.59 Å². The number of anilines is 2. The van der Waals surface area contributed by atoms with Crippen molar-refractivity contribution < 1.29 is 14.3 Å². The number of hydrogen-bond donors (Lipinski definition) is 3. The van der Waals surface area contributed by atoms with E-state index in [0.717, 1.165) is 0 Å². The molecule has 5 N–H and O–H groups in total. The molecule has 0 spiro atoms. The molecule has 8 nitrogen and oxygen atoms in total. The van der Waals surface area contributed by atoms with Gasteiger partial charge in [-0.15, -0.1) is 0 Å². The van der Waals surface area contributed by atoms with Gasteiger partial charge < -0.3 is 26.4 Å². The highest BCUT2D eigenvalue weighted by molar-refractivity contribution is 5.98. The van der Waals surface area contributed by atoms with E-state index in [0.29, 0.717) is 19.0 Å². The van der Waals surface area contributed by atoms with Gasteiger partial charge in [0, 0.05) is 20.7 Å². The Morgan fingerprint density at radius 2 is 2.20 bits per heavy atom. The van der Waals surface area contributed by atoms with Gasteiger partial charge in [0.25, 0.3) is 5.91 Å². The zero-order valence-corrected chi connectivity index (χ0v) is 11.5. The maximum absolute atomic E-state index is 11.6. The molecule has 0 saturated carbocycles. The molecule has 0 radical (unpaired) electrons. The fourth-order valence-electron chi connectivity index (χ4n) is 1.52. The zero-order valence-electron chi connectivity index (χ0n) is 11.5. The van der Waals surface area contributed by atoms with Crippen molar-refractivity contribution in [1.82, 2.24) is 10.3 Å². The number of primary amides is 1. The van der Waals surface area contributed by atoms with Crippen LogP contribution in [0.4, 0.5) is 11.5 Å². The number of likely N-dealkylation sites (N-methyl/N-ethyl adjacent to an activating group) is 1. The van der Waals surface area contributed by atoms with Gasteiger partial charge >= 0.3 is 0 Å². The van der Waals surface area contributed by atoms with Gasteiger partial charge in [-0.05, 0) is 6.07 Å². The van der Waals surface area contributed by atoms with Gasteiger partial charge in [0.1, 0.15) is 5.82 Å². The Morgan fingerprint density at radius 3 is 2.80 bits per heavy atom. The molecule has 0 aliphatic rings. The largest absolute Gasteiger partial charge is 0.397 e. The first-order chi connectivity index (χ1) is 9.45. The molecule has 1 aromatic rings. The van der Waals surface area contributed by atoms with Gasteiger partial charge in [0.15, 0.2) is 0 Å². The number of hydrogen-bond acceptors (Lipinski definition) is 6. The Bertz CT molecular complexity index is 492. The van der Waals surface area contributed by atoms with Crippen molar-refractivity contribution in [1.29, 1.82) is 0 Å². The Kier molecular flexibility index (Phi) is 5.73. The summed E-state index contributed by atoms with van der Waals surface area (Å²) in [6.45, 7) is 0.977. The van der Waals surface area contributed by atoms with Crippen LogP contribution in [0.1, 0.15) is 10.4 Å². The first kappa shape index (κ1) is 15.7. The van der Waals surface area contributed by atoms with Crippen LogP contribution in [-0.2, 0) is 9.53 Å². The summed E-state index contributed by atoms with van der Waals surface area (Å²) in [6, 6.07) is 1.46. The van der Waals surface area contributed by atoms with Gasteiger partial charge in [-0.3, -0.25) is 9.59 Å². The van der Waals surface area contributed by atoms with Gasteiger partial charge in [-0.1, -0.05) is 0 Å². The number of aromatic nitrogens is 1. The maximum atomic E-state index is 11.6. The monoisotopic (exact) mass is 281 g/mol. The molecule has 110 valence electrons. The van der Waals surface area contributed by atoms with E-state index >= 15 is 0 Å². The van der Waals surface area contributed by atoms with Crippen molar-refractivity contribution in [3.63, 3.8) is 0 Å². The summed E-state index contributed by atoms with van der Waals surface area (Å²) in [6.07, 6.45) is 1.34. The van der Waals surface area contributed by atoms with Crippen molar-refractivity contribution >= 4 is 23.3 Å². The standard InChI is InChI=1S/C12H19N5O3/c1-17(7-11(18)15-3-4-20-2)10-5-8(12(14)19)9(13)6-16-10/h5-6H,3-4,7,13H2,1-2H3,(H2,14,19)(H,15,18). The smallest absolute Gasteiger partial charge is 0.250 e. The van der Waals surface area contributed by atoms with Gasteiger partial charge in [-0.25, -0.2) is 4.98 Å². The topological polar surface area (TPSA) is 124 Å². The lowest BCUT2D eigenvalue weighted by Gasteiger charge is -2.18. The van der Waals surface area contributed by atoms with E-state index in [1.165, 1.54) is 12.3 Å². The molecule has 0 bridgehead atoms. The molecule has 1 aromatic heterocycles. The van der Waals surface area contributed by atoms with Crippen LogP contribution in [0, 0.1) is 0 Å². The third-order valence-electron chi connectivity index (χ3n) is 2.59. The number of nitrogens with two attached hydrogens (primary N) is 2. The number of carbonyl (C=O) groups is 2. The second-order valence-electron chi connectivity index (χ2n) is 4.19. The Balaban J connectivity index is 2.68. The first-order valence-corrected chi connectivity index (χ1v) is 5.97. The molecule has 0 saturated heterocycles. The van der Waals surface area contributed by atoms with Crippen molar-refractivity contribution in [2.75, 3.05) is 44.5 Å². The predicted molar refractivity (Wildman–Crippen MR) is 75.3 cm³/mol. The van der Waals surface area contributed by atoms with Crippen molar-refractivity contribution in [3.8, 4) is 0 Å². The zero-order chi connectivity index (χ0) is 15.1. The minimum absolute atomic E-state index is 0.0961. The van der Waals surface area contributed by atoms with Crippen LogP contribution < -0.4 is 21.7 Å². The molecule has 1 heterocycles. The Hall–Kier alpha value is -2.35. The maximum Gasteiger partial charge on any atom is 0.250 e. The summed E-state index contributed by atoms with van der Waals surface area (Å²) in [5.41, 5.74) is 11.2. The summed E-state index contributed by atoms with van der Waals surface area (Å²) >= 11 is 0. The van der Waals surface area contributed by atoms with E-state index in [1.807, 2.05) is 0 Å². The van der Waals surface area contributed by atoms with Crippen LogP contribution in [-0.4, -0.2) is 50.7 Å². The van der Waals surface area contributed by atoms with E-state index in [-0.39, 0.29) is 23.7 Å². The molecule has 0 fully saturated rings. The first-order valence-electron chi connectivity index (χ1n) is 5.97. The van der Waals surface area contributed by atoms with Gasteiger partial charge in [-0.2, -0.15) is 0 Å². The number of nitrogens with one attached hydrogen (secondary N) is 1. The third-order valence-corrected chi connectivity index (χ3v) is 2.59. The molecule has 0 aliphatic heterocycles. The van der Waals surface area contributed by atoms with Crippen LogP contribution in [0.3, 0.4) is 0 Å². The average Bonchev–Trinajstić information content (AvgIpc) is 2.39. The summed E-state index contributed by atoms with van der Waals surface area (Å²) in [5.74, 6) is -0.372. The minimum atomic E-state index is -0.635. The molecular weight excluding hydrogens is 262 g/mol. The molecule has 1 rings (SSSR count). The molecular formula is C12H19N5O3. The number of nitrogens with zero attached hydrogens (tertiary/aromatic N) is 2. The number of carbonyl (C=O) groups excluding carboxylic acids is 2. The molecule has 8 heteroatoms. The van der Waals surface area contributed by atoms with Crippen LogP contribution in [0.15, 0.2) is 12.3 Å². The Morgan fingerprint density at radius 1 is 1.50 bits per heavy atom. The van der Waals surface area contributed by atoms with Gasteiger partial charge in [0.2, 0.25) is 5.91 Å². The summed E-state index contributed by atoms with van der Waals surface area (Å²) in [4.78, 5) is 28.5. The quantitative estimate of drug-likeness (QED) is 0.549. The second kappa shape index (κ2) is 7.29. The molecule has 20 heavy (non-hydrogen) atoms. The normalized spacial score (nSPS) is 10.1. The number of ether oxygens (including phenoxy) is 1. The van der Waals surface area contributed by atoms with E-state index in [2.05, 4.69) is 10.3 Å². The molecule has 2 amide bonds. The highest BCUT2D eigenvalue weighted by atomic mass is 16.5. The molecule has 0 aromatic carbocycles. The average molecular weight is 281 g/mol. The number of methoxy groups -OCH3 is 1. The fourth-order valence-corrected chi connectivity index (χ4v) is 1.52. The molecule has 0 atom stereocenters. The number of nitrogen functional groups attached to an aromatic ring is 1. The van der Waals surface area contributed by atoms with E-state index in [1.54, 1.807) is 19.1 Å².